The van der Waals surface area contributed by atoms with Crippen molar-refractivity contribution < 1.29 is 9.90 Å². The molecular formula is C21H24N6O2. The predicted octanol–water partition coefficient (Wildman–Crippen LogP) is 1.97. The van der Waals surface area contributed by atoms with Crippen LogP contribution in [0.5, 0.6) is 0 Å². The monoisotopic (exact) mass is 392 g/mol. The SMILES string of the molecule is CN(C(=O)N[C@@]1(O)CCc2ccccc21)C1CCN(c2ncnc3[nH]ccc23)C1. The van der Waals surface area contributed by atoms with Crippen molar-refractivity contribution in [2.24, 2.45) is 0 Å². The van der Waals surface area contributed by atoms with E-state index in [-0.39, 0.29) is 12.1 Å². The summed E-state index contributed by atoms with van der Waals surface area (Å²) in [5, 5.41) is 14.9. The fourth-order valence-electron chi connectivity index (χ4n) is 4.51. The molecule has 1 aliphatic heterocycles. The molecule has 1 aliphatic carbocycles. The number of aromatic nitrogens is 3. The molecule has 0 radical (unpaired) electrons. The first-order valence-electron chi connectivity index (χ1n) is 9.94. The predicted molar refractivity (Wildman–Crippen MR) is 109 cm³/mol. The second-order valence-electron chi connectivity index (χ2n) is 7.88. The summed E-state index contributed by atoms with van der Waals surface area (Å²) in [7, 11) is 1.79. The number of urea groups is 1. The highest BCUT2D eigenvalue weighted by molar-refractivity contribution is 5.87. The van der Waals surface area contributed by atoms with E-state index in [1.54, 1.807) is 18.3 Å². The number of aliphatic hydroxyl groups is 1. The second kappa shape index (κ2) is 6.73. The Bertz CT molecular complexity index is 1070. The maximum absolute atomic E-state index is 12.9. The van der Waals surface area contributed by atoms with Gasteiger partial charge in [0.05, 0.1) is 11.4 Å². The number of likely N-dealkylation sites (N-methyl/N-ethyl adjacent to an activating group) is 1. The summed E-state index contributed by atoms with van der Waals surface area (Å²) in [5.74, 6) is 0.885. The van der Waals surface area contributed by atoms with E-state index in [0.717, 1.165) is 47.4 Å². The van der Waals surface area contributed by atoms with Crippen molar-refractivity contribution in [1.82, 2.24) is 25.2 Å². The van der Waals surface area contributed by atoms with Gasteiger partial charge in [-0.15, -0.1) is 0 Å². The molecule has 2 aromatic heterocycles. The molecule has 0 saturated carbocycles. The number of amides is 2. The van der Waals surface area contributed by atoms with Crippen molar-refractivity contribution in [1.29, 1.82) is 0 Å². The van der Waals surface area contributed by atoms with Gasteiger partial charge >= 0.3 is 6.03 Å². The normalized spacial score (nSPS) is 23.4. The number of benzene rings is 1. The highest BCUT2D eigenvalue weighted by Crippen LogP contribution is 2.35. The Morgan fingerprint density at radius 2 is 2.21 bits per heavy atom. The highest BCUT2D eigenvalue weighted by atomic mass is 16.3. The lowest BCUT2D eigenvalue weighted by Gasteiger charge is -2.31. The largest absolute Gasteiger partial charge is 0.367 e. The number of carbonyl (C=O) groups is 1. The molecule has 8 nitrogen and oxygen atoms in total. The minimum Gasteiger partial charge on any atom is -0.367 e. The zero-order valence-corrected chi connectivity index (χ0v) is 16.3. The summed E-state index contributed by atoms with van der Waals surface area (Å²) in [4.78, 5) is 28.6. The zero-order chi connectivity index (χ0) is 20.0. The number of carbonyl (C=O) groups excluding carboxylic acids is 1. The molecule has 3 aromatic rings. The molecule has 3 N–H and O–H groups in total. The van der Waals surface area contributed by atoms with E-state index in [0.29, 0.717) is 13.0 Å². The van der Waals surface area contributed by atoms with Crippen LogP contribution in [-0.4, -0.2) is 57.2 Å². The van der Waals surface area contributed by atoms with Gasteiger partial charge in [-0.05, 0) is 24.5 Å². The fraction of sp³-hybridized carbons (Fsp3) is 0.381. The van der Waals surface area contributed by atoms with Gasteiger partial charge in [0, 0.05) is 38.3 Å². The summed E-state index contributed by atoms with van der Waals surface area (Å²) in [6, 6.07) is 9.49. The van der Waals surface area contributed by atoms with Crippen LogP contribution < -0.4 is 10.2 Å². The van der Waals surface area contributed by atoms with E-state index in [1.807, 2.05) is 36.5 Å². The molecule has 2 atom stereocenters. The van der Waals surface area contributed by atoms with E-state index in [9.17, 15) is 9.90 Å². The van der Waals surface area contributed by atoms with Crippen molar-refractivity contribution in [3.05, 3.63) is 54.0 Å². The molecule has 0 bridgehead atoms. The summed E-state index contributed by atoms with van der Waals surface area (Å²) < 4.78 is 0. The van der Waals surface area contributed by atoms with Crippen LogP contribution in [0.25, 0.3) is 11.0 Å². The maximum Gasteiger partial charge on any atom is 0.319 e. The summed E-state index contributed by atoms with van der Waals surface area (Å²) >= 11 is 0. The van der Waals surface area contributed by atoms with Crippen LogP contribution in [0, 0.1) is 0 Å². The molecule has 8 heteroatoms. The van der Waals surface area contributed by atoms with Gasteiger partial charge in [-0.3, -0.25) is 0 Å². The van der Waals surface area contributed by atoms with E-state index in [1.165, 1.54) is 0 Å². The first-order chi connectivity index (χ1) is 14.0. The smallest absolute Gasteiger partial charge is 0.319 e. The van der Waals surface area contributed by atoms with Gasteiger partial charge in [-0.2, -0.15) is 0 Å². The zero-order valence-electron chi connectivity index (χ0n) is 16.3. The van der Waals surface area contributed by atoms with E-state index in [4.69, 9.17) is 0 Å². The number of nitrogens with zero attached hydrogens (tertiary/aromatic N) is 4. The van der Waals surface area contributed by atoms with Gasteiger partial charge in [-0.1, -0.05) is 24.3 Å². The average Bonchev–Trinajstić information content (AvgIpc) is 3.46. The van der Waals surface area contributed by atoms with Gasteiger partial charge in [-0.25, -0.2) is 14.8 Å². The third kappa shape index (κ3) is 3.00. The first kappa shape index (κ1) is 17.9. The number of aryl methyl sites for hydroxylation is 1. The number of H-pyrrole nitrogens is 1. The third-order valence-corrected chi connectivity index (χ3v) is 6.20. The lowest BCUT2D eigenvalue weighted by atomic mass is 10.1. The minimum absolute atomic E-state index is 0.0409. The lowest BCUT2D eigenvalue weighted by molar-refractivity contribution is 0.00879. The Labute approximate surface area is 168 Å². The minimum atomic E-state index is -1.30. The first-order valence-corrected chi connectivity index (χ1v) is 9.94. The maximum atomic E-state index is 12.9. The number of rotatable bonds is 3. The van der Waals surface area contributed by atoms with Crippen molar-refractivity contribution in [2.45, 2.75) is 31.0 Å². The van der Waals surface area contributed by atoms with Crippen LogP contribution in [0.1, 0.15) is 24.0 Å². The summed E-state index contributed by atoms with van der Waals surface area (Å²) in [6.07, 6.45) is 5.51. The molecule has 0 spiro atoms. The highest BCUT2D eigenvalue weighted by Gasteiger charge is 2.40. The molecule has 29 heavy (non-hydrogen) atoms. The van der Waals surface area contributed by atoms with Gasteiger partial charge in [0.25, 0.3) is 0 Å². The molecule has 1 saturated heterocycles. The quantitative estimate of drug-likeness (QED) is 0.592. The number of fused-ring (bicyclic) bond motifs is 2. The Balaban J connectivity index is 1.29. The number of aromatic amines is 1. The molecule has 1 unspecified atom stereocenters. The van der Waals surface area contributed by atoms with Crippen LogP contribution in [-0.2, 0) is 12.1 Å². The van der Waals surface area contributed by atoms with E-state index >= 15 is 0 Å². The standard InChI is InChI=1S/C21H24N6O2/c1-26(20(28)25-21(29)9-6-14-4-2-3-5-17(14)21)15-8-11-27(12-15)19-16-7-10-22-18(16)23-13-24-19/h2-5,7,10,13,15,29H,6,8-9,11-12H2,1H3,(H,25,28)(H,22,23,24)/t15?,21-/m1/s1. The number of nitrogens with one attached hydrogen (secondary N) is 2. The average molecular weight is 392 g/mol. The Kier molecular flexibility index (Phi) is 4.16. The Morgan fingerprint density at radius 3 is 3.10 bits per heavy atom. The van der Waals surface area contributed by atoms with Crippen LogP contribution in [0.2, 0.25) is 0 Å². The van der Waals surface area contributed by atoms with Crippen molar-refractivity contribution >= 4 is 22.9 Å². The summed E-state index contributed by atoms with van der Waals surface area (Å²) in [6.45, 7) is 1.50. The van der Waals surface area contributed by atoms with Crippen LogP contribution in [0.3, 0.4) is 0 Å². The molecule has 2 aliphatic rings. The molecule has 150 valence electrons. The Morgan fingerprint density at radius 1 is 1.34 bits per heavy atom. The number of hydrogen-bond donors (Lipinski definition) is 3. The van der Waals surface area contributed by atoms with Gasteiger partial charge in [0.2, 0.25) is 0 Å². The van der Waals surface area contributed by atoms with Gasteiger partial charge < -0.3 is 25.2 Å². The number of hydrogen-bond acceptors (Lipinski definition) is 5. The van der Waals surface area contributed by atoms with Crippen LogP contribution >= 0.6 is 0 Å². The van der Waals surface area contributed by atoms with Crippen LogP contribution in [0.4, 0.5) is 10.6 Å². The Hall–Kier alpha value is -3.13. The number of anilines is 1. The van der Waals surface area contributed by atoms with Crippen molar-refractivity contribution in [3.63, 3.8) is 0 Å². The molecule has 1 aromatic carbocycles. The molecule has 2 amide bonds. The van der Waals surface area contributed by atoms with E-state index in [2.05, 4.69) is 25.2 Å². The summed E-state index contributed by atoms with van der Waals surface area (Å²) in [5.41, 5.74) is 1.39. The lowest BCUT2D eigenvalue weighted by Crippen LogP contribution is -2.52. The van der Waals surface area contributed by atoms with Gasteiger partial charge in [0.1, 0.15) is 17.8 Å². The van der Waals surface area contributed by atoms with Crippen LogP contribution in [0.15, 0.2) is 42.9 Å². The molecular weight excluding hydrogens is 368 g/mol. The molecule has 1 fully saturated rings. The van der Waals surface area contributed by atoms with E-state index < -0.39 is 5.72 Å². The topological polar surface area (TPSA) is 97.4 Å². The van der Waals surface area contributed by atoms with Gasteiger partial charge in [0.15, 0.2) is 5.72 Å². The van der Waals surface area contributed by atoms with Crippen molar-refractivity contribution in [2.75, 3.05) is 25.0 Å². The molecule has 3 heterocycles. The van der Waals surface area contributed by atoms with Crippen molar-refractivity contribution in [3.8, 4) is 0 Å². The second-order valence-corrected chi connectivity index (χ2v) is 7.88. The third-order valence-electron chi connectivity index (χ3n) is 6.20. The molecule has 5 rings (SSSR count). The fourth-order valence-corrected chi connectivity index (χ4v) is 4.51.